The van der Waals surface area contributed by atoms with Gasteiger partial charge in [0.15, 0.2) is 0 Å². The molecule has 192 valence electrons. The molecule has 1 aromatic heterocycles. The SMILES string of the molecule is CC(C)(C)OC(=O)N1CC[C@H]1CO.CC(C)(C)OC(=O)N1CC[C@H]1COc1ccc(CO)nc1. The lowest BCUT2D eigenvalue weighted by Gasteiger charge is -2.40. The molecule has 2 N–H and O–H groups in total. The molecule has 1 aromatic rings. The highest BCUT2D eigenvalue weighted by Gasteiger charge is 2.36. The largest absolute Gasteiger partial charge is 0.490 e. The lowest BCUT2D eigenvalue weighted by Crippen LogP contribution is -2.55. The molecule has 0 spiro atoms. The molecule has 0 saturated carbocycles. The Hall–Kier alpha value is -2.59. The number of likely N-dealkylation sites (tertiary alicyclic amines) is 2. The van der Waals surface area contributed by atoms with E-state index in [2.05, 4.69) is 4.98 Å². The van der Waals surface area contributed by atoms with Crippen LogP contribution in [0.1, 0.15) is 60.1 Å². The fourth-order valence-electron chi connectivity index (χ4n) is 3.15. The van der Waals surface area contributed by atoms with E-state index >= 15 is 0 Å². The van der Waals surface area contributed by atoms with Crippen molar-refractivity contribution in [3.05, 3.63) is 24.0 Å². The zero-order chi connectivity index (χ0) is 25.5. The molecule has 2 fully saturated rings. The summed E-state index contributed by atoms with van der Waals surface area (Å²) in [5.41, 5.74) is -0.337. The van der Waals surface area contributed by atoms with Crippen molar-refractivity contribution in [1.29, 1.82) is 0 Å². The molecule has 10 heteroatoms. The molecule has 0 bridgehead atoms. The first-order valence-electron chi connectivity index (χ1n) is 11.6. The van der Waals surface area contributed by atoms with Crippen LogP contribution in [0.4, 0.5) is 9.59 Å². The van der Waals surface area contributed by atoms with Crippen LogP contribution in [0.2, 0.25) is 0 Å². The standard InChI is InChI=1S/C15H22N2O4.C9H17NO3/c1-15(2,3)21-14(19)17-7-6-12(17)10-20-13-5-4-11(9-18)16-8-13;1-9(2,3)13-8(12)10-5-4-7(10)6-11/h4-5,8,12,18H,6-7,9-10H2,1-3H3;7,11H,4-6H2,1-3H3/t12-;7-/m00/s1. The zero-order valence-corrected chi connectivity index (χ0v) is 21.1. The fourth-order valence-corrected chi connectivity index (χ4v) is 3.15. The van der Waals surface area contributed by atoms with Gasteiger partial charge in [-0.2, -0.15) is 0 Å². The normalized spacial score (nSPS) is 19.8. The molecule has 2 aliphatic rings. The van der Waals surface area contributed by atoms with E-state index in [9.17, 15) is 9.59 Å². The molecule has 2 atom stereocenters. The Morgan fingerprint density at radius 3 is 1.82 bits per heavy atom. The maximum Gasteiger partial charge on any atom is 0.410 e. The van der Waals surface area contributed by atoms with Gasteiger partial charge in [-0.3, -0.25) is 4.98 Å². The third-order valence-corrected chi connectivity index (χ3v) is 5.16. The van der Waals surface area contributed by atoms with Gasteiger partial charge in [0.2, 0.25) is 0 Å². The van der Waals surface area contributed by atoms with Gasteiger partial charge in [0.1, 0.15) is 23.6 Å². The first-order chi connectivity index (χ1) is 15.8. The number of pyridine rings is 1. The van der Waals surface area contributed by atoms with Gasteiger partial charge < -0.3 is 34.2 Å². The third-order valence-electron chi connectivity index (χ3n) is 5.16. The predicted octanol–water partition coefficient (Wildman–Crippen LogP) is 2.95. The Morgan fingerprint density at radius 2 is 1.47 bits per heavy atom. The monoisotopic (exact) mass is 481 g/mol. The summed E-state index contributed by atoms with van der Waals surface area (Å²) in [6.45, 7) is 12.8. The van der Waals surface area contributed by atoms with E-state index in [1.54, 1.807) is 28.1 Å². The molecular weight excluding hydrogens is 442 g/mol. The van der Waals surface area contributed by atoms with E-state index in [0.29, 0.717) is 31.1 Å². The molecule has 0 radical (unpaired) electrons. The van der Waals surface area contributed by atoms with Gasteiger partial charge in [0.05, 0.1) is 37.2 Å². The number of hydrogen-bond donors (Lipinski definition) is 2. The van der Waals surface area contributed by atoms with Gasteiger partial charge in [-0.05, 0) is 66.5 Å². The Balaban J connectivity index is 0.000000270. The van der Waals surface area contributed by atoms with Crippen LogP contribution in [-0.4, -0.2) is 86.8 Å². The Morgan fingerprint density at radius 1 is 0.941 bits per heavy atom. The predicted molar refractivity (Wildman–Crippen MR) is 125 cm³/mol. The number of ether oxygens (including phenoxy) is 3. The first-order valence-corrected chi connectivity index (χ1v) is 11.6. The van der Waals surface area contributed by atoms with Crippen molar-refractivity contribution < 1.29 is 34.0 Å². The van der Waals surface area contributed by atoms with Gasteiger partial charge >= 0.3 is 12.2 Å². The lowest BCUT2D eigenvalue weighted by molar-refractivity contribution is -0.0168. The van der Waals surface area contributed by atoms with Gasteiger partial charge in [-0.1, -0.05) is 0 Å². The molecule has 2 aliphatic heterocycles. The number of nitrogens with zero attached hydrogens (tertiary/aromatic N) is 3. The van der Waals surface area contributed by atoms with Gasteiger partial charge in [0.25, 0.3) is 0 Å². The van der Waals surface area contributed by atoms with Gasteiger partial charge in [-0.25, -0.2) is 9.59 Å². The van der Waals surface area contributed by atoms with Crippen molar-refractivity contribution in [1.82, 2.24) is 14.8 Å². The lowest BCUT2D eigenvalue weighted by atomic mass is 10.1. The number of hydrogen-bond acceptors (Lipinski definition) is 8. The highest BCUT2D eigenvalue weighted by atomic mass is 16.6. The summed E-state index contributed by atoms with van der Waals surface area (Å²) in [7, 11) is 0. The van der Waals surface area contributed by atoms with Crippen molar-refractivity contribution in [2.24, 2.45) is 0 Å². The molecular formula is C24H39N3O7. The van der Waals surface area contributed by atoms with Crippen molar-refractivity contribution in [3.63, 3.8) is 0 Å². The topological polar surface area (TPSA) is 122 Å². The van der Waals surface area contributed by atoms with E-state index in [0.717, 1.165) is 12.8 Å². The van der Waals surface area contributed by atoms with Crippen LogP contribution in [-0.2, 0) is 16.1 Å². The number of aliphatic hydroxyl groups is 2. The zero-order valence-electron chi connectivity index (χ0n) is 21.1. The summed E-state index contributed by atoms with van der Waals surface area (Å²) >= 11 is 0. The molecule has 2 amide bonds. The van der Waals surface area contributed by atoms with Crippen LogP contribution in [0.3, 0.4) is 0 Å². The highest BCUT2D eigenvalue weighted by molar-refractivity contribution is 5.70. The van der Waals surface area contributed by atoms with Crippen molar-refractivity contribution in [3.8, 4) is 5.75 Å². The van der Waals surface area contributed by atoms with Crippen LogP contribution < -0.4 is 4.74 Å². The second-order valence-electron chi connectivity index (χ2n) is 10.4. The van der Waals surface area contributed by atoms with Crippen molar-refractivity contribution >= 4 is 12.2 Å². The molecule has 0 unspecified atom stereocenters. The summed E-state index contributed by atoms with van der Waals surface area (Å²) in [5.74, 6) is 0.628. The molecule has 3 heterocycles. The van der Waals surface area contributed by atoms with Crippen LogP contribution >= 0.6 is 0 Å². The summed E-state index contributed by atoms with van der Waals surface area (Å²) in [6.07, 6.45) is 2.73. The molecule has 2 saturated heterocycles. The summed E-state index contributed by atoms with van der Waals surface area (Å²) in [5, 5.41) is 17.8. The van der Waals surface area contributed by atoms with E-state index in [-0.39, 0.29) is 37.5 Å². The summed E-state index contributed by atoms with van der Waals surface area (Å²) < 4.78 is 16.1. The number of aromatic nitrogens is 1. The van der Waals surface area contributed by atoms with Gasteiger partial charge in [-0.15, -0.1) is 0 Å². The van der Waals surface area contributed by atoms with E-state index in [1.807, 2.05) is 41.5 Å². The Labute approximate surface area is 201 Å². The highest BCUT2D eigenvalue weighted by Crippen LogP contribution is 2.23. The Kier molecular flexibility index (Phi) is 9.52. The molecule has 10 nitrogen and oxygen atoms in total. The van der Waals surface area contributed by atoms with Crippen LogP contribution in [0.15, 0.2) is 18.3 Å². The first kappa shape index (κ1) is 27.7. The van der Waals surface area contributed by atoms with Crippen molar-refractivity contribution in [2.45, 2.75) is 84.3 Å². The number of carbonyl (C=O) groups excluding carboxylic acids is 2. The van der Waals surface area contributed by atoms with E-state index in [1.165, 1.54) is 0 Å². The van der Waals surface area contributed by atoms with Gasteiger partial charge in [0, 0.05) is 13.1 Å². The Bertz CT molecular complexity index is 800. The number of aliphatic hydroxyl groups excluding tert-OH is 2. The molecule has 0 aliphatic carbocycles. The second-order valence-corrected chi connectivity index (χ2v) is 10.4. The minimum absolute atomic E-state index is 0.0270. The second kappa shape index (κ2) is 11.7. The minimum atomic E-state index is -0.484. The van der Waals surface area contributed by atoms with Crippen LogP contribution in [0.25, 0.3) is 0 Å². The average molecular weight is 482 g/mol. The van der Waals surface area contributed by atoms with Crippen LogP contribution in [0, 0.1) is 0 Å². The summed E-state index contributed by atoms with van der Waals surface area (Å²) in [4.78, 5) is 30.6. The van der Waals surface area contributed by atoms with Crippen molar-refractivity contribution in [2.75, 3.05) is 26.3 Å². The molecule has 3 rings (SSSR count). The molecule has 34 heavy (non-hydrogen) atoms. The smallest absolute Gasteiger partial charge is 0.410 e. The molecule has 0 aromatic carbocycles. The fraction of sp³-hybridized carbons (Fsp3) is 0.708. The third kappa shape index (κ3) is 8.64. The van der Waals surface area contributed by atoms with Crippen LogP contribution in [0.5, 0.6) is 5.75 Å². The van der Waals surface area contributed by atoms with E-state index in [4.69, 9.17) is 24.4 Å². The number of carbonyl (C=O) groups is 2. The quantitative estimate of drug-likeness (QED) is 0.658. The number of rotatable bonds is 5. The average Bonchev–Trinajstić information content (AvgIpc) is 2.64. The maximum absolute atomic E-state index is 12.0. The minimum Gasteiger partial charge on any atom is -0.490 e. The maximum atomic E-state index is 12.0. The van der Waals surface area contributed by atoms with E-state index < -0.39 is 11.2 Å². The summed E-state index contributed by atoms with van der Waals surface area (Å²) in [6, 6.07) is 3.48. The number of amides is 2.